The van der Waals surface area contributed by atoms with Crippen LogP contribution in [0.1, 0.15) is 23.0 Å². The van der Waals surface area contributed by atoms with E-state index in [1.54, 1.807) is 25.1 Å². The van der Waals surface area contributed by atoms with Crippen molar-refractivity contribution in [3.63, 3.8) is 0 Å². The highest BCUT2D eigenvalue weighted by Crippen LogP contribution is 2.29. The number of carbonyl (C=O) groups excluding carboxylic acids is 2. The minimum Gasteiger partial charge on any atom is -0.494 e. The van der Waals surface area contributed by atoms with Crippen LogP contribution in [0.15, 0.2) is 34.7 Å². The summed E-state index contributed by atoms with van der Waals surface area (Å²) in [6.07, 6.45) is 0. The maximum absolute atomic E-state index is 13.6. The average molecular weight is 407 g/mol. The lowest BCUT2D eigenvalue weighted by molar-refractivity contribution is -0.119. The Morgan fingerprint density at radius 1 is 1.10 bits per heavy atom. The third-order valence-corrected chi connectivity index (χ3v) is 4.05. The Labute approximate surface area is 163 Å². The molecule has 152 valence electrons. The number of halogens is 3. The van der Waals surface area contributed by atoms with Gasteiger partial charge in [-0.1, -0.05) is 0 Å². The molecule has 3 aromatic rings. The highest BCUT2D eigenvalue weighted by atomic mass is 19.2. The summed E-state index contributed by atoms with van der Waals surface area (Å²) in [4.78, 5) is 24.1. The molecule has 0 radical (unpaired) electrons. The molecule has 1 heterocycles. The van der Waals surface area contributed by atoms with Crippen LogP contribution in [0.4, 0.5) is 18.9 Å². The van der Waals surface area contributed by atoms with E-state index in [0.29, 0.717) is 35.0 Å². The Morgan fingerprint density at radius 2 is 1.86 bits per heavy atom. The van der Waals surface area contributed by atoms with Crippen molar-refractivity contribution in [2.75, 3.05) is 18.5 Å². The van der Waals surface area contributed by atoms with Gasteiger partial charge in [0.05, 0.1) is 12.3 Å². The van der Waals surface area contributed by atoms with Gasteiger partial charge in [-0.2, -0.15) is 0 Å². The molecule has 29 heavy (non-hydrogen) atoms. The van der Waals surface area contributed by atoms with Gasteiger partial charge in [0.25, 0.3) is 5.91 Å². The first-order chi connectivity index (χ1) is 13.8. The van der Waals surface area contributed by atoms with E-state index >= 15 is 0 Å². The molecule has 1 amide bonds. The lowest BCUT2D eigenvalue weighted by Crippen LogP contribution is -2.22. The van der Waals surface area contributed by atoms with Crippen molar-refractivity contribution in [2.24, 2.45) is 0 Å². The molecule has 1 aromatic heterocycles. The van der Waals surface area contributed by atoms with Gasteiger partial charge in [-0.25, -0.2) is 18.0 Å². The second-order valence-corrected chi connectivity index (χ2v) is 5.99. The average Bonchev–Trinajstić information content (AvgIpc) is 3.03. The molecule has 9 heteroatoms. The van der Waals surface area contributed by atoms with Crippen molar-refractivity contribution in [1.82, 2.24) is 0 Å². The van der Waals surface area contributed by atoms with E-state index in [0.717, 1.165) is 6.07 Å². The first kappa shape index (κ1) is 20.2. The molecule has 2 aromatic carbocycles. The molecule has 0 aliphatic heterocycles. The Balaban J connectivity index is 1.68. The summed E-state index contributed by atoms with van der Waals surface area (Å²) in [5.41, 5.74) is 0.359. The summed E-state index contributed by atoms with van der Waals surface area (Å²) in [6.45, 7) is 3.18. The molecule has 0 fully saturated rings. The monoisotopic (exact) mass is 407 g/mol. The number of rotatable bonds is 6. The summed E-state index contributed by atoms with van der Waals surface area (Å²) in [6, 6.07) is 6.56. The molecule has 1 N–H and O–H groups in total. The van der Waals surface area contributed by atoms with Gasteiger partial charge < -0.3 is 19.2 Å². The van der Waals surface area contributed by atoms with Crippen LogP contribution in [0, 0.1) is 24.4 Å². The van der Waals surface area contributed by atoms with Crippen molar-refractivity contribution in [1.29, 1.82) is 0 Å². The summed E-state index contributed by atoms with van der Waals surface area (Å²) in [5, 5.41) is 2.65. The second-order valence-electron chi connectivity index (χ2n) is 5.99. The molecule has 0 unspecified atom stereocenters. The van der Waals surface area contributed by atoms with E-state index in [2.05, 4.69) is 0 Å². The van der Waals surface area contributed by atoms with Crippen LogP contribution in [0.2, 0.25) is 0 Å². The Kier molecular flexibility index (Phi) is 5.76. The van der Waals surface area contributed by atoms with Crippen molar-refractivity contribution in [3.8, 4) is 5.75 Å². The largest absolute Gasteiger partial charge is 0.494 e. The number of ether oxygens (including phenoxy) is 2. The van der Waals surface area contributed by atoms with Crippen LogP contribution in [0.25, 0.3) is 11.0 Å². The third kappa shape index (κ3) is 4.18. The zero-order valence-corrected chi connectivity index (χ0v) is 15.5. The number of carbonyl (C=O) groups is 2. The van der Waals surface area contributed by atoms with Gasteiger partial charge in [-0.15, -0.1) is 0 Å². The van der Waals surface area contributed by atoms with Gasteiger partial charge >= 0.3 is 5.97 Å². The van der Waals surface area contributed by atoms with Gasteiger partial charge in [0.15, 0.2) is 24.1 Å². The number of hydrogen-bond donors (Lipinski definition) is 1. The topological polar surface area (TPSA) is 77.8 Å². The molecule has 0 saturated heterocycles. The molecule has 0 spiro atoms. The minimum atomic E-state index is -1.72. The first-order valence-corrected chi connectivity index (χ1v) is 8.58. The zero-order chi connectivity index (χ0) is 21.1. The number of aryl methyl sites for hydroxylation is 1. The number of hydrogen-bond acceptors (Lipinski definition) is 5. The lowest BCUT2D eigenvalue weighted by atomic mass is 10.1. The number of benzene rings is 2. The minimum absolute atomic E-state index is 0.0968. The number of nitrogens with one attached hydrogen (secondary N) is 1. The van der Waals surface area contributed by atoms with Crippen LogP contribution < -0.4 is 10.1 Å². The third-order valence-electron chi connectivity index (χ3n) is 4.05. The highest BCUT2D eigenvalue weighted by molar-refractivity contribution is 5.98. The first-order valence-electron chi connectivity index (χ1n) is 8.58. The molecule has 3 rings (SSSR count). The second kappa shape index (κ2) is 8.26. The summed E-state index contributed by atoms with van der Waals surface area (Å²) >= 11 is 0. The summed E-state index contributed by atoms with van der Waals surface area (Å²) in [7, 11) is 0. The van der Waals surface area contributed by atoms with E-state index in [9.17, 15) is 22.8 Å². The van der Waals surface area contributed by atoms with Crippen molar-refractivity contribution in [3.05, 3.63) is 59.1 Å². The maximum Gasteiger partial charge on any atom is 0.375 e. The van der Waals surface area contributed by atoms with E-state index < -0.39 is 41.6 Å². The Morgan fingerprint density at radius 3 is 2.59 bits per heavy atom. The standard InChI is InChI=1S/C20H16F3NO5/c1-3-27-11-4-7-15-12(8-11)10(2)19(29-15)20(26)28-9-16(25)24-14-6-5-13(21)17(22)18(14)23/h4-8H,3,9H2,1-2H3,(H,24,25). The van der Waals surface area contributed by atoms with Gasteiger partial charge in [0.2, 0.25) is 5.76 Å². The fourth-order valence-corrected chi connectivity index (χ4v) is 2.66. The van der Waals surface area contributed by atoms with E-state index in [1.165, 1.54) is 0 Å². The Hall–Kier alpha value is -3.49. The van der Waals surface area contributed by atoms with E-state index in [-0.39, 0.29) is 5.76 Å². The zero-order valence-electron chi connectivity index (χ0n) is 15.5. The van der Waals surface area contributed by atoms with Gasteiger partial charge in [0.1, 0.15) is 11.3 Å². The predicted molar refractivity (Wildman–Crippen MR) is 97.3 cm³/mol. The van der Waals surface area contributed by atoms with Crippen LogP contribution in [0.5, 0.6) is 5.75 Å². The van der Waals surface area contributed by atoms with Crippen molar-refractivity contribution >= 4 is 28.5 Å². The van der Waals surface area contributed by atoms with Crippen LogP contribution >= 0.6 is 0 Å². The lowest BCUT2D eigenvalue weighted by Gasteiger charge is -2.07. The number of anilines is 1. The van der Waals surface area contributed by atoms with Crippen LogP contribution in [0.3, 0.4) is 0 Å². The SMILES string of the molecule is CCOc1ccc2oc(C(=O)OCC(=O)Nc3ccc(F)c(F)c3F)c(C)c2c1. The summed E-state index contributed by atoms with van der Waals surface area (Å²) in [5.74, 6) is -5.99. The molecule has 6 nitrogen and oxygen atoms in total. The van der Waals surface area contributed by atoms with Crippen LogP contribution in [-0.4, -0.2) is 25.1 Å². The molecule has 0 aliphatic rings. The van der Waals surface area contributed by atoms with E-state index in [4.69, 9.17) is 13.9 Å². The predicted octanol–water partition coefficient (Wildman–Crippen LogP) is 4.35. The van der Waals surface area contributed by atoms with Gasteiger partial charge in [-0.3, -0.25) is 4.79 Å². The smallest absolute Gasteiger partial charge is 0.375 e. The van der Waals surface area contributed by atoms with Crippen LogP contribution in [-0.2, 0) is 9.53 Å². The fraction of sp³-hybridized carbons (Fsp3) is 0.200. The highest BCUT2D eigenvalue weighted by Gasteiger charge is 2.21. The molecule has 0 saturated carbocycles. The fourth-order valence-electron chi connectivity index (χ4n) is 2.66. The quantitative estimate of drug-likeness (QED) is 0.486. The summed E-state index contributed by atoms with van der Waals surface area (Å²) < 4.78 is 55.5. The molecule has 0 bridgehead atoms. The number of esters is 1. The van der Waals surface area contributed by atoms with Gasteiger partial charge in [0, 0.05) is 10.9 Å². The Bertz CT molecular complexity index is 1090. The maximum atomic E-state index is 13.6. The molecule has 0 atom stereocenters. The van der Waals surface area contributed by atoms with Crippen molar-refractivity contribution < 1.29 is 36.7 Å². The normalized spacial score (nSPS) is 10.8. The van der Waals surface area contributed by atoms with Gasteiger partial charge in [-0.05, 0) is 44.2 Å². The van der Waals surface area contributed by atoms with E-state index in [1.807, 2.05) is 12.2 Å². The number of furan rings is 1. The molecular formula is C20H16F3NO5. The molecule has 0 aliphatic carbocycles. The molecular weight excluding hydrogens is 391 g/mol. The number of fused-ring (bicyclic) bond motifs is 1. The van der Waals surface area contributed by atoms with Crippen molar-refractivity contribution in [2.45, 2.75) is 13.8 Å². The number of amides is 1.